The van der Waals surface area contributed by atoms with Crippen molar-refractivity contribution in [2.24, 2.45) is 18.9 Å². The minimum absolute atomic E-state index is 0.157. The lowest BCUT2D eigenvalue weighted by Gasteiger charge is -2.25. The lowest BCUT2D eigenvalue weighted by molar-refractivity contribution is -0.143. The molecule has 0 radical (unpaired) electrons. The number of nitrogens with zero attached hydrogens (tertiary/aromatic N) is 2. The third-order valence-corrected chi connectivity index (χ3v) is 4.01. The minimum atomic E-state index is -0.817. The van der Waals surface area contributed by atoms with Gasteiger partial charge >= 0.3 is 5.97 Å². The van der Waals surface area contributed by atoms with E-state index in [1.54, 1.807) is 18.7 Å². The molecule has 7 nitrogen and oxygen atoms in total. The quantitative estimate of drug-likeness (QED) is 0.879. The van der Waals surface area contributed by atoms with Crippen LogP contribution in [0.15, 0.2) is 0 Å². The Morgan fingerprint density at radius 1 is 1.38 bits per heavy atom. The summed E-state index contributed by atoms with van der Waals surface area (Å²) in [6, 6.07) is 0. The van der Waals surface area contributed by atoms with Gasteiger partial charge in [0.15, 0.2) is 0 Å². The van der Waals surface area contributed by atoms with Crippen LogP contribution in [0.2, 0.25) is 0 Å². The number of anilines is 1. The molecule has 1 aromatic heterocycles. The van der Waals surface area contributed by atoms with Crippen molar-refractivity contribution in [3.05, 3.63) is 5.69 Å². The Bertz CT molecular complexity index is 553. The van der Waals surface area contributed by atoms with Gasteiger partial charge in [-0.25, -0.2) is 4.68 Å². The Balaban J connectivity index is 2.09. The van der Waals surface area contributed by atoms with Crippen LogP contribution in [-0.4, -0.2) is 33.9 Å². The number of aliphatic carboxylic acids is 1. The molecular weight excluding hydrogens is 274 g/mol. The van der Waals surface area contributed by atoms with Gasteiger partial charge in [-0.3, -0.25) is 9.59 Å². The van der Waals surface area contributed by atoms with E-state index in [0.717, 1.165) is 12.8 Å². The number of methoxy groups -OCH3 is 1. The minimum Gasteiger partial charge on any atom is -0.481 e. The number of carbonyl (C=O) groups excluding carboxylic acids is 1. The number of amides is 1. The van der Waals surface area contributed by atoms with Gasteiger partial charge in [0, 0.05) is 13.0 Å². The fourth-order valence-electron chi connectivity index (χ4n) is 2.89. The molecule has 1 heterocycles. The molecule has 0 bridgehead atoms. The molecule has 1 aliphatic carbocycles. The normalized spacial score (nSPS) is 21.9. The van der Waals surface area contributed by atoms with Gasteiger partial charge < -0.3 is 15.2 Å². The summed E-state index contributed by atoms with van der Waals surface area (Å²) in [6.45, 7) is 1.79. The summed E-state index contributed by atoms with van der Waals surface area (Å²) in [5.74, 6) is -1.18. The van der Waals surface area contributed by atoms with E-state index in [0.29, 0.717) is 30.1 Å². The van der Waals surface area contributed by atoms with Crippen LogP contribution in [-0.2, 0) is 16.6 Å². The second kappa shape index (κ2) is 6.15. The van der Waals surface area contributed by atoms with Gasteiger partial charge in [-0.2, -0.15) is 5.10 Å². The van der Waals surface area contributed by atoms with Crippen molar-refractivity contribution in [3.8, 4) is 5.88 Å². The van der Waals surface area contributed by atoms with Crippen LogP contribution < -0.4 is 10.1 Å². The highest BCUT2D eigenvalue weighted by Gasteiger charge is 2.32. The third-order valence-electron chi connectivity index (χ3n) is 4.01. The molecule has 1 saturated carbocycles. The van der Waals surface area contributed by atoms with Crippen molar-refractivity contribution < 1.29 is 19.4 Å². The monoisotopic (exact) mass is 295 g/mol. The van der Waals surface area contributed by atoms with Crippen molar-refractivity contribution in [1.82, 2.24) is 9.78 Å². The number of hydrogen-bond acceptors (Lipinski definition) is 4. The summed E-state index contributed by atoms with van der Waals surface area (Å²) in [4.78, 5) is 23.4. The fraction of sp³-hybridized carbons (Fsp3) is 0.643. The first-order valence-electron chi connectivity index (χ1n) is 7.05. The van der Waals surface area contributed by atoms with Crippen molar-refractivity contribution in [1.29, 1.82) is 0 Å². The summed E-state index contributed by atoms with van der Waals surface area (Å²) in [7, 11) is 3.26. The zero-order valence-electron chi connectivity index (χ0n) is 12.5. The van der Waals surface area contributed by atoms with E-state index >= 15 is 0 Å². The van der Waals surface area contributed by atoms with E-state index in [1.165, 1.54) is 7.11 Å². The number of hydrogen-bond donors (Lipinski definition) is 2. The molecule has 1 aliphatic rings. The average molecular weight is 295 g/mol. The Morgan fingerprint density at radius 3 is 2.67 bits per heavy atom. The summed E-state index contributed by atoms with van der Waals surface area (Å²) in [5.41, 5.74) is 1.23. The molecule has 1 aromatic rings. The van der Waals surface area contributed by atoms with Gasteiger partial charge in [-0.05, 0) is 26.2 Å². The van der Waals surface area contributed by atoms with Gasteiger partial charge in [0.05, 0.1) is 18.7 Å². The Labute approximate surface area is 123 Å². The Kier molecular flexibility index (Phi) is 4.50. The lowest BCUT2D eigenvalue weighted by atomic mass is 9.81. The fourth-order valence-corrected chi connectivity index (χ4v) is 2.89. The maximum absolute atomic E-state index is 12.4. The maximum Gasteiger partial charge on any atom is 0.306 e. The first-order chi connectivity index (χ1) is 9.93. The predicted octanol–water partition coefficient (Wildman–Crippen LogP) is 1.57. The molecular formula is C14H21N3O4. The lowest BCUT2D eigenvalue weighted by Crippen LogP contribution is -2.31. The Hall–Kier alpha value is -2.05. The number of ether oxygens (including phenoxy) is 1. The number of aryl methyl sites for hydroxylation is 2. The molecule has 21 heavy (non-hydrogen) atoms. The van der Waals surface area contributed by atoms with Gasteiger partial charge in [0.2, 0.25) is 11.8 Å². The van der Waals surface area contributed by atoms with Crippen LogP contribution >= 0.6 is 0 Å². The number of carboxylic acids is 1. The van der Waals surface area contributed by atoms with E-state index in [1.807, 2.05) is 0 Å². The molecule has 0 saturated heterocycles. The molecule has 0 aliphatic heterocycles. The highest BCUT2D eigenvalue weighted by Crippen LogP contribution is 2.32. The number of nitrogens with one attached hydrogen (secondary N) is 1. The summed E-state index contributed by atoms with van der Waals surface area (Å²) >= 11 is 0. The second-order valence-corrected chi connectivity index (χ2v) is 5.48. The van der Waals surface area contributed by atoms with Gasteiger partial charge in [0.25, 0.3) is 0 Å². The maximum atomic E-state index is 12.4. The van der Waals surface area contributed by atoms with Crippen LogP contribution in [0.5, 0.6) is 5.88 Å². The Morgan fingerprint density at radius 2 is 2.05 bits per heavy atom. The van der Waals surface area contributed by atoms with E-state index < -0.39 is 11.9 Å². The number of carboxylic acid groups (broad SMARTS) is 1. The first-order valence-corrected chi connectivity index (χ1v) is 7.05. The predicted molar refractivity (Wildman–Crippen MR) is 76.2 cm³/mol. The van der Waals surface area contributed by atoms with Crippen LogP contribution in [0.4, 0.5) is 5.69 Å². The molecule has 7 heteroatoms. The van der Waals surface area contributed by atoms with Gasteiger partial charge in [0.1, 0.15) is 5.69 Å². The van der Waals surface area contributed by atoms with Crippen molar-refractivity contribution in [3.63, 3.8) is 0 Å². The summed E-state index contributed by atoms with van der Waals surface area (Å²) in [5, 5.41) is 16.1. The smallest absolute Gasteiger partial charge is 0.306 e. The number of rotatable bonds is 4. The molecule has 0 spiro atoms. The molecule has 116 valence electrons. The number of aromatic nitrogens is 2. The van der Waals surface area contributed by atoms with Crippen molar-refractivity contribution >= 4 is 17.6 Å². The van der Waals surface area contributed by atoms with Gasteiger partial charge in [-0.15, -0.1) is 0 Å². The van der Waals surface area contributed by atoms with Gasteiger partial charge in [-0.1, -0.05) is 6.42 Å². The average Bonchev–Trinajstić information content (AvgIpc) is 2.72. The molecule has 2 N–H and O–H groups in total. The van der Waals surface area contributed by atoms with Crippen molar-refractivity contribution in [2.45, 2.75) is 32.6 Å². The SMILES string of the molecule is COc1c(NC(=O)[C@@H]2CCC[C@H](C(=O)O)C2)c(C)nn1C. The largest absolute Gasteiger partial charge is 0.481 e. The second-order valence-electron chi connectivity index (χ2n) is 5.48. The molecule has 1 amide bonds. The highest BCUT2D eigenvalue weighted by molar-refractivity contribution is 5.94. The van der Waals surface area contributed by atoms with E-state index in [2.05, 4.69) is 10.4 Å². The highest BCUT2D eigenvalue weighted by atomic mass is 16.5. The van der Waals surface area contributed by atoms with E-state index in [9.17, 15) is 9.59 Å². The van der Waals surface area contributed by atoms with Crippen LogP contribution in [0.3, 0.4) is 0 Å². The van der Waals surface area contributed by atoms with Crippen LogP contribution in [0.1, 0.15) is 31.4 Å². The zero-order valence-corrected chi connectivity index (χ0v) is 12.5. The van der Waals surface area contributed by atoms with Crippen molar-refractivity contribution in [2.75, 3.05) is 12.4 Å². The summed E-state index contributed by atoms with van der Waals surface area (Å²) < 4.78 is 6.80. The zero-order chi connectivity index (χ0) is 15.6. The third kappa shape index (κ3) is 3.17. The van der Waals surface area contributed by atoms with Crippen LogP contribution in [0.25, 0.3) is 0 Å². The number of carbonyl (C=O) groups is 2. The van der Waals surface area contributed by atoms with E-state index in [4.69, 9.17) is 9.84 Å². The molecule has 0 aromatic carbocycles. The summed E-state index contributed by atoms with van der Waals surface area (Å²) in [6.07, 6.45) is 2.52. The molecule has 1 fully saturated rings. The molecule has 2 rings (SSSR count). The molecule has 2 atom stereocenters. The molecule has 0 unspecified atom stereocenters. The standard InChI is InChI=1S/C14H21N3O4/c1-8-11(13(21-3)17(2)16-8)15-12(18)9-5-4-6-10(7-9)14(19)20/h9-10H,4-7H2,1-3H3,(H,15,18)(H,19,20)/t9-,10+/m1/s1. The topological polar surface area (TPSA) is 93.4 Å². The van der Waals surface area contributed by atoms with Crippen LogP contribution in [0, 0.1) is 18.8 Å². The first kappa shape index (κ1) is 15.3. The van der Waals surface area contributed by atoms with E-state index in [-0.39, 0.29) is 11.8 Å².